The number of morpholine rings is 1. The Balaban J connectivity index is 0.00000264. The molecule has 6 heteroatoms. The van der Waals surface area contributed by atoms with Gasteiger partial charge < -0.3 is 15.8 Å². The SMILES string of the molecule is CCc1cccc(NC(N)=NCC(C)CN2CCOCC2)c1.I. The number of nitrogens with two attached hydrogens (primary N) is 1. The quantitative estimate of drug-likeness (QED) is 0.412. The predicted molar refractivity (Wildman–Crippen MR) is 108 cm³/mol. The molecule has 1 heterocycles. The van der Waals surface area contributed by atoms with E-state index in [9.17, 15) is 0 Å². The number of aryl methyl sites for hydroxylation is 1. The van der Waals surface area contributed by atoms with Crippen molar-refractivity contribution in [2.75, 3.05) is 44.7 Å². The van der Waals surface area contributed by atoms with Crippen LogP contribution in [0.25, 0.3) is 0 Å². The van der Waals surface area contributed by atoms with Gasteiger partial charge in [0.1, 0.15) is 0 Å². The van der Waals surface area contributed by atoms with Crippen LogP contribution in [-0.2, 0) is 11.2 Å². The molecule has 0 aliphatic carbocycles. The summed E-state index contributed by atoms with van der Waals surface area (Å²) in [5.74, 6) is 0.975. The zero-order valence-corrected chi connectivity index (χ0v) is 16.5. The number of nitrogens with one attached hydrogen (secondary N) is 1. The Bertz CT molecular complexity index is 489. The summed E-state index contributed by atoms with van der Waals surface area (Å²) in [6.07, 6.45) is 1.02. The summed E-state index contributed by atoms with van der Waals surface area (Å²) in [6.45, 7) is 9.86. The summed E-state index contributed by atoms with van der Waals surface area (Å²) in [7, 11) is 0. The first-order valence-corrected chi connectivity index (χ1v) is 8.13. The molecule has 1 aliphatic rings. The first-order chi connectivity index (χ1) is 10.7. The Kier molecular flexibility index (Phi) is 9.50. The molecular formula is C17H29IN4O. The van der Waals surface area contributed by atoms with Crippen LogP contribution in [0.3, 0.4) is 0 Å². The standard InChI is InChI=1S/C17H28N4O.HI/c1-3-15-5-4-6-16(11-15)20-17(18)19-12-14(2)13-21-7-9-22-10-8-21;/h4-6,11,14H,3,7-10,12-13H2,1-2H3,(H3,18,19,20);1H. The van der Waals surface area contributed by atoms with Crippen LogP contribution >= 0.6 is 24.0 Å². The summed E-state index contributed by atoms with van der Waals surface area (Å²) < 4.78 is 5.37. The molecule has 1 aromatic rings. The number of ether oxygens (including phenoxy) is 1. The highest BCUT2D eigenvalue weighted by Crippen LogP contribution is 2.11. The summed E-state index contributed by atoms with van der Waals surface area (Å²) in [6, 6.07) is 8.27. The van der Waals surface area contributed by atoms with Crippen molar-refractivity contribution in [3.8, 4) is 0 Å². The van der Waals surface area contributed by atoms with E-state index in [0.717, 1.165) is 51.5 Å². The minimum absolute atomic E-state index is 0. The summed E-state index contributed by atoms with van der Waals surface area (Å²) in [5, 5.41) is 3.17. The van der Waals surface area contributed by atoms with Gasteiger partial charge in [0, 0.05) is 31.9 Å². The van der Waals surface area contributed by atoms with Gasteiger partial charge in [-0.15, -0.1) is 24.0 Å². The number of aliphatic imine (C=N–C) groups is 1. The lowest BCUT2D eigenvalue weighted by molar-refractivity contribution is 0.0323. The zero-order chi connectivity index (χ0) is 15.8. The van der Waals surface area contributed by atoms with Crippen molar-refractivity contribution in [1.29, 1.82) is 0 Å². The van der Waals surface area contributed by atoms with Gasteiger partial charge in [0.05, 0.1) is 13.2 Å². The van der Waals surface area contributed by atoms with Gasteiger partial charge in [-0.1, -0.05) is 26.0 Å². The van der Waals surface area contributed by atoms with E-state index in [1.807, 2.05) is 12.1 Å². The molecule has 0 amide bonds. The maximum atomic E-state index is 5.98. The molecule has 0 bridgehead atoms. The monoisotopic (exact) mass is 432 g/mol. The van der Waals surface area contributed by atoms with Crippen molar-refractivity contribution in [3.05, 3.63) is 29.8 Å². The molecule has 130 valence electrons. The molecule has 23 heavy (non-hydrogen) atoms. The fraction of sp³-hybridized carbons (Fsp3) is 0.588. The van der Waals surface area contributed by atoms with E-state index in [1.165, 1.54) is 5.56 Å². The molecule has 5 nitrogen and oxygen atoms in total. The van der Waals surface area contributed by atoms with Crippen molar-refractivity contribution in [1.82, 2.24) is 4.90 Å². The Morgan fingerprint density at radius 3 is 2.83 bits per heavy atom. The minimum atomic E-state index is 0. The molecule has 1 fully saturated rings. The first-order valence-electron chi connectivity index (χ1n) is 8.13. The van der Waals surface area contributed by atoms with Gasteiger partial charge in [0.15, 0.2) is 5.96 Å². The van der Waals surface area contributed by atoms with Crippen LogP contribution in [0.1, 0.15) is 19.4 Å². The normalized spacial score (nSPS) is 17.4. The Hall–Kier alpha value is -0.860. The topological polar surface area (TPSA) is 62.9 Å². The molecule has 1 aromatic carbocycles. The smallest absolute Gasteiger partial charge is 0.193 e. The van der Waals surface area contributed by atoms with Gasteiger partial charge in [-0.05, 0) is 30.0 Å². The molecule has 0 saturated carbocycles. The predicted octanol–water partition coefficient (Wildman–Crippen LogP) is 2.56. The summed E-state index contributed by atoms with van der Waals surface area (Å²) in [5.41, 5.74) is 8.28. The maximum Gasteiger partial charge on any atom is 0.193 e. The Labute approximate surface area is 156 Å². The largest absolute Gasteiger partial charge is 0.379 e. The Morgan fingerprint density at radius 1 is 1.39 bits per heavy atom. The molecule has 3 N–H and O–H groups in total. The van der Waals surface area contributed by atoms with E-state index in [0.29, 0.717) is 11.9 Å². The van der Waals surface area contributed by atoms with Crippen molar-refractivity contribution in [2.24, 2.45) is 16.6 Å². The van der Waals surface area contributed by atoms with Gasteiger partial charge in [0.25, 0.3) is 0 Å². The van der Waals surface area contributed by atoms with Gasteiger partial charge >= 0.3 is 0 Å². The van der Waals surface area contributed by atoms with Crippen LogP contribution in [0.5, 0.6) is 0 Å². The fourth-order valence-corrected chi connectivity index (χ4v) is 2.59. The van der Waals surface area contributed by atoms with Crippen LogP contribution in [0.2, 0.25) is 0 Å². The third-order valence-electron chi connectivity index (χ3n) is 3.85. The molecule has 1 atom stereocenters. The van der Waals surface area contributed by atoms with E-state index in [-0.39, 0.29) is 24.0 Å². The van der Waals surface area contributed by atoms with Crippen LogP contribution in [-0.4, -0.2) is 50.3 Å². The Morgan fingerprint density at radius 2 is 2.13 bits per heavy atom. The van der Waals surface area contributed by atoms with E-state index in [2.05, 4.69) is 41.2 Å². The van der Waals surface area contributed by atoms with Gasteiger partial charge in [-0.3, -0.25) is 9.89 Å². The third-order valence-corrected chi connectivity index (χ3v) is 3.85. The van der Waals surface area contributed by atoms with E-state index >= 15 is 0 Å². The summed E-state index contributed by atoms with van der Waals surface area (Å²) in [4.78, 5) is 6.89. The van der Waals surface area contributed by atoms with Crippen LogP contribution < -0.4 is 11.1 Å². The zero-order valence-electron chi connectivity index (χ0n) is 14.1. The second kappa shape index (κ2) is 10.8. The second-order valence-electron chi connectivity index (χ2n) is 5.92. The number of nitrogens with zero attached hydrogens (tertiary/aromatic N) is 2. The van der Waals surface area contributed by atoms with Crippen LogP contribution in [0, 0.1) is 5.92 Å². The number of benzene rings is 1. The van der Waals surface area contributed by atoms with Gasteiger partial charge in [0.2, 0.25) is 0 Å². The van der Waals surface area contributed by atoms with Crippen LogP contribution in [0.4, 0.5) is 5.69 Å². The lowest BCUT2D eigenvalue weighted by Gasteiger charge is -2.28. The van der Waals surface area contributed by atoms with E-state index < -0.39 is 0 Å². The highest BCUT2D eigenvalue weighted by atomic mass is 127. The lowest BCUT2D eigenvalue weighted by atomic mass is 10.1. The number of hydrogen-bond donors (Lipinski definition) is 2. The van der Waals surface area contributed by atoms with E-state index in [1.54, 1.807) is 0 Å². The van der Waals surface area contributed by atoms with Gasteiger partial charge in [-0.2, -0.15) is 0 Å². The van der Waals surface area contributed by atoms with Crippen molar-refractivity contribution in [2.45, 2.75) is 20.3 Å². The highest BCUT2D eigenvalue weighted by Gasteiger charge is 2.13. The first kappa shape index (κ1) is 20.2. The molecule has 0 spiro atoms. The van der Waals surface area contributed by atoms with Crippen molar-refractivity contribution in [3.63, 3.8) is 0 Å². The van der Waals surface area contributed by atoms with Crippen molar-refractivity contribution >= 4 is 35.6 Å². The molecule has 2 rings (SSSR count). The average molecular weight is 432 g/mol. The number of guanidine groups is 1. The summed E-state index contributed by atoms with van der Waals surface area (Å²) >= 11 is 0. The molecule has 1 aliphatic heterocycles. The number of rotatable bonds is 6. The maximum absolute atomic E-state index is 5.98. The van der Waals surface area contributed by atoms with E-state index in [4.69, 9.17) is 10.5 Å². The number of halogens is 1. The highest BCUT2D eigenvalue weighted by molar-refractivity contribution is 14.0. The minimum Gasteiger partial charge on any atom is -0.379 e. The molecular weight excluding hydrogens is 403 g/mol. The third kappa shape index (κ3) is 7.50. The molecule has 1 unspecified atom stereocenters. The van der Waals surface area contributed by atoms with Gasteiger partial charge in [-0.25, -0.2) is 0 Å². The lowest BCUT2D eigenvalue weighted by Crippen LogP contribution is -2.39. The van der Waals surface area contributed by atoms with Crippen molar-refractivity contribution < 1.29 is 4.74 Å². The fourth-order valence-electron chi connectivity index (χ4n) is 2.59. The molecule has 1 saturated heterocycles. The second-order valence-corrected chi connectivity index (χ2v) is 5.92. The van der Waals surface area contributed by atoms with Crippen LogP contribution in [0.15, 0.2) is 29.3 Å². The number of hydrogen-bond acceptors (Lipinski definition) is 3. The molecule has 0 aromatic heterocycles. The number of anilines is 1. The molecule has 0 radical (unpaired) electrons. The average Bonchev–Trinajstić information content (AvgIpc) is 2.54.